The van der Waals surface area contributed by atoms with E-state index in [1.54, 1.807) is 45.3 Å². The van der Waals surface area contributed by atoms with E-state index < -0.39 is 18.7 Å². The summed E-state index contributed by atoms with van der Waals surface area (Å²) >= 11 is 0. The third-order valence-electron chi connectivity index (χ3n) is 5.22. The zero-order valence-electron chi connectivity index (χ0n) is 18.1. The number of benzene rings is 2. The van der Waals surface area contributed by atoms with Gasteiger partial charge in [-0.15, -0.1) is 0 Å². The van der Waals surface area contributed by atoms with E-state index in [9.17, 15) is 19.5 Å². The van der Waals surface area contributed by atoms with Gasteiger partial charge in [0.25, 0.3) is 5.91 Å². The molecule has 11 heteroatoms. The van der Waals surface area contributed by atoms with Crippen molar-refractivity contribution in [1.29, 1.82) is 0 Å². The van der Waals surface area contributed by atoms with Crippen molar-refractivity contribution in [1.82, 2.24) is 14.2 Å². The molecule has 2 aliphatic heterocycles. The van der Waals surface area contributed by atoms with Gasteiger partial charge in [0.05, 0.1) is 11.0 Å². The Kier molecular flexibility index (Phi) is 7.23. The van der Waals surface area contributed by atoms with Crippen LogP contribution in [0.25, 0.3) is 0 Å². The molecular formula is C22H29N4O6P. The molecule has 178 valence electrons. The number of amides is 1. The molecule has 0 radical (unpaired) electrons. The Labute approximate surface area is 193 Å². The molecule has 33 heavy (non-hydrogen) atoms. The highest BCUT2D eigenvalue weighted by atomic mass is 31.2. The lowest BCUT2D eigenvalue weighted by Crippen LogP contribution is -2.21. The predicted octanol–water partition coefficient (Wildman–Crippen LogP) is 4.54. The van der Waals surface area contributed by atoms with Crippen LogP contribution in [0.1, 0.15) is 36.4 Å². The Hall–Kier alpha value is -2.78. The van der Waals surface area contributed by atoms with Crippen molar-refractivity contribution >= 4 is 19.3 Å². The van der Waals surface area contributed by atoms with Crippen LogP contribution in [0.4, 0.5) is 5.69 Å². The van der Waals surface area contributed by atoms with Crippen LogP contribution in [-0.4, -0.2) is 65.3 Å². The number of carbonyl (C=O) groups excluding carboxylic acids is 1. The van der Waals surface area contributed by atoms with E-state index in [0.717, 1.165) is 26.2 Å². The summed E-state index contributed by atoms with van der Waals surface area (Å²) in [6.45, 7) is 4.70. The smallest absolute Gasteiger partial charge is 0.346 e. The summed E-state index contributed by atoms with van der Waals surface area (Å²) in [5.41, 5.74) is 0.793. The molecule has 1 amide bonds. The second kappa shape index (κ2) is 9.61. The van der Waals surface area contributed by atoms with E-state index in [1.807, 2.05) is 9.34 Å². The molecule has 0 aromatic heterocycles. The fourth-order valence-corrected chi connectivity index (χ4v) is 5.62. The zero-order valence-corrected chi connectivity index (χ0v) is 19.0. The van der Waals surface area contributed by atoms with Gasteiger partial charge in [0.2, 0.25) is 5.75 Å². The van der Waals surface area contributed by atoms with Crippen LogP contribution < -0.4 is 4.74 Å². The molecular weight excluding hydrogens is 447 g/mol. The Balaban J connectivity index is 0.00000306. The number of hydrogen-bond donors (Lipinski definition) is 0. The predicted molar refractivity (Wildman–Crippen MR) is 125 cm³/mol. The van der Waals surface area contributed by atoms with E-state index in [1.165, 1.54) is 23.1 Å². The van der Waals surface area contributed by atoms with Crippen molar-refractivity contribution in [3.63, 3.8) is 0 Å². The van der Waals surface area contributed by atoms with Crippen molar-refractivity contribution in [2.24, 2.45) is 0 Å². The first kappa shape index (κ1) is 24.9. The first-order valence-electron chi connectivity index (χ1n) is 10.3. The van der Waals surface area contributed by atoms with Crippen LogP contribution in [-0.2, 0) is 9.09 Å². The van der Waals surface area contributed by atoms with Gasteiger partial charge in [-0.05, 0) is 42.8 Å². The Morgan fingerprint density at radius 1 is 1.12 bits per heavy atom. The van der Waals surface area contributed by atoms with Crippen molar-refractivity contribution in [3.8, 4) is 11.5 Å². The highest BCUT2D eigenvalue weighted by Crippen LogP contribution is 2.63. The summed E-state index contributed by atoms with van der Waals surface area (Å²) in [6.07, 6.45) is -0.563. The number of rotatable bonds is 9. The maximum absolute atomic E-state index is 13.3. The second-order valence-corrected chi connectivity index (χ2v) is 10.3. The van der Waals surface area contributed by atoms with E-state index in [4.69, 9.17) is 9.26 Å². The van der Waals surface area contributed by atoms with E-state index in [-0.39, 0.29) is 24.8 Å². The van der Waals surface area contributed by atoms with Crippen molar-refractivity contribution in [2.45, 2.75) is 20.5 Å². The minimum Gasteiger partial charge on any atom is -0.450 e. The topological polar surface area (TPSA) is 105 Å². The van der Waals surface area contributed by atoms with Gasteiger partial charge in [0.1, 0.15) is 5.75 Å². The van der Waals surface area contributed by atoms with Crippen LogP contribution in [0.3, 0.4) is 0 Å². The minimum atomic E-state index is -3.05. The fraction of sp³-hybridized carbons (Fsp3) is 0.409. The maximum atomic E-state index is 13.3. The van der Waals surface area contributed by atoms with Crippen LogP contribution >= 0.6 is 7.67 Å². The quantitative estimate of drug-likeness (QED) is 0.225. The summed E-state index contributed by atoms with van der Waals surface area (Å²) in [4.78, 5) is 24.7. The van der Waals surface area contributed by atoms with Gasteiger partial charge >= 0.3 is 13.4 Å². The first-order valence-corrected chi connectivity index (χ1v) is 11.8. The highest BCUT2D eigenvalue weighted by molar-refractivity contribution is 7.54. The van der Waals surface area contributed by atoms with Gasteiger partial charge in [-0.1, -0.05) is 13.5 Å². The average molecular weight is 476 g/mol. The summed E-state index contributed by atoms with van der Waals surface area (Å²) in [5, 5.41) is 11.6. The van der Waals surface area contributed by atoms with Gasteiger partial charge < -0.3 is 9.64 Å². The molecule has 2 aliphatic rings. The van der Waals surface area contributed by atoms with Crippen molar-refractivity contribution in [3.05, 3.63) is 63.7 Å². The Morgan fingerprint density at radius 2 is 1.76 bits per heavy atom. The normalized spacial score (nSPS) is 16.5. The molecule has 10 nitrogen and oxygen atoms in total. The number of nitro benzene ring substituents is 1. The highest BCUT2D eigenvalue weighted by Gasteiger charge is 2.50. The van der Waals surface area contributed by atoms with E-state index in [2.05, 4.69) is 0 Å². The Bertz CT molecular complexity index is 1080. The third-order valence-corrected chi connectivity index (χ3v) is 8.04. The summed E-state index contributed by atoms with van der Waals surface area (Å²) < 4.78 is 28.7. The second-order valence-electron chi connectivity index (χ2n) is 7.96. The lowest BCUT2D eigenvalue weighted by Gasteiger charge is -2.24. The first-order chi connectivity index (χ1) is 15.2. The van der Waals surface area contributed by atoms with Crippen LogP contribution in [0.5, 0.6) is 11.5 Å². The van der Waals surface area contributed by atoms with Crippen LogP contribution in [0.15, 0.2) is 42.5 Å². The number of ether oxygens (including phenoxy) is 1. The number of carbonyl (C=O) groups is 1. The third kappa shape index (κ3) is 5.42. The molecule has 0 N–H and O–H groups in total. The van der Waals surface area contributed by atoms with Gasteiger partial charge in [0.15, 0.2) is 0 Å². The maximum Gasteiger partial charge on any atom is 0.346 e. The minimum absolute atomic E-state index is 0. The molecule has 0 saturated carbocycles. The molecule has 0 bridgehead atoms. The molecule has 2 fully saturated rings. The molecule has 0 spiro atoms. The summed E-state index contributed by atoms with van der Waals surface area (Å²) in [6, 6.07) is 10.9. The lowest BCUT2D eigenvalue weighted by atomic mass is 10.1. The standard InChI is InChI=1S/C21H25N4O6P.CH4/c1-15(31-32(29,23-9-10-23)24-11-12-24)16-7-8-19(25(27)28)20(14-16)30-18-6-4-5-17(13-18)21(26)22(2)3;/h4-8,13-15H,9-12H2,1-3H3;1H4/t15-;/m1./s1. The molecule has 0 aliphatic carbocycles. The molecule has 2 aromatic rings. The van der Waals surface area contributed by atoms with Gasteiger partial charge in [-0.3, -0.25) is 24.0 Å². The molecule has 1 atom stereocenters. The lowest BCUT2D eigenvalue weighted by molar-refractivity contribution is -0.385. The van der Waals surface area contributed by atoms with Crippen LogP contribution in [0.2, 0.25) is 0 Å². The van der Waals surface area contributed by atoms with E-state index >= 15 is 0 Å². The van der Waals surface area contributed by atoms with E-state index in [0.29, 0.717) is 16.9 Å². The van der Waals surface area contributed by atoms with Crippen molar-refractivity contribution < 1.29 is 23.5 Å². The summed E-state index contributed by atoms with van der Waals surface area (Å²) in [5.74, 6) is 0.109. The molecule has 2 heterocycles. The monoisotopic (exact) mass is 476 g/mol. The SMILES string of the molecule is C.C[C@@H](OP(=O)(N1CC1)N1CC1)c1ccc([N+](=O)[O-])c(Oc2cccc(C(=O)N(C)C)c2)c1. The van der Waals surface area contributed by atoms with Crippen molar-refractivity contribution in [2.75, 3.05) is 40.3 Å². The number of nitro groups is 1. The molecule has 0 unspecified atom stereocenters. The fourth-order valence-electron chi connectivity index (χ4n) is 3.27. The molecule has 2 aromatic carbocycles. The van der Waals surface area contributed by atoms with Gasteiger partial charge in [-0.2, -0.15) is 0 Å². The average Bonchev–Trinajstić information content (AvgIpc) is 3.65. The summed E-state index contributed by atoms with van der Waals surface area (Å²) in [7, 11) is 0.227. The molecule has 4 rings (SSSR count). The van der Waals surface area contributed by atoms with Gasteiger partial charge in [-0.25, -0.2) is 9.34 Å². The largest absolute Gasteiger partial charge is 0.450 e. The Morgan fingerprint density at radius 3 is 2.30 bits per heavy atom. The zero-order chi connectivity index (χ0) is 23.0. The van der Waals surface area contributed by atoms with Crippen LogP contribution in [0, 0.1) is 10.1 Å². The number of nitrogens with zero attached hydrogens (tertiary/aromatic N) is 4. The van der Waals surface area contributed by atoms with Gasteiger partial charge in [0, 0.05) is 51.9 Å². The number of hydrogen-bond acceptors (Lipinski definition) is 6. The molecule has 2 saturated heterocycles.